The smallest absolute Gasteiger partial charge is 0.299 e. The maximum atomic E-state index is 11.1. The van der Waals surface area contributed by atoms with Crippen LogP contribution in [0.4, 0.5) is 0 Å². The minimum atomic E-state index is 0.164. The summed E-state index contributed by atoms with van der Waals surface area (Å²) in [5.74, 6) is 0.458. The van der Waals surface area contributed by atoms with E-state index >= 15 is 0 Å². The molecule has 3 heteroatoms. The Labute approximate surface area is 66.6 Å². The summed E-state index contributed by atoms with van der Waals surface area (Å²) in [6.45, 7) is 2.97. The molecule has 1 saturated heterocycles. The van der Waals surface area contributed by atoms with E-state index in [0.717, 1.165) is 0 Å². The second-order valence-corrected chi connectivity index (χ2v) is 3.40. The number of hydrogen-bond donors (Lipinski definition) is 0. The van der Waals surface area contributed by atoms with Gasteiger partial charge in [0.15, 0.2) is 0 Å². The molecule has 0 atom stereocenters. The Morgan fingerprint density at radius 3 is 2.18 bits per heavy atom. The van der Waals surface area contributed by atoms with Crippen LogP contribution in [0, 0.1) is 0 Å². The van der Waals surface area contributed by atoms with E-state index in [2.05, 4.69) is 0 Å². The Morgan fingerprint density at radius 1 is 1.36 bits per heavy atom. The Bertz CT molecular complexity index is 188. The Balaban J connectivity index is 2.62. The number of Topliss-reactive ketones (excluding diaryl/α,β-unsaturated/α-hetero) is 1. The first-order valence-corrected chi connectivity index (χ1v) is 3.92. The van der Waals surface area contributed by atoms with Gasteiger partial charge in [-0.15, -0.1) is 0 Å². The van der Waals surface area contributed by atoms with E-state index in [1.54, 1.807) is 6.92 Å². The zero-order valence-electron chi connectivity index (χ0n) is 7.09. The van der Waals surface area contributed by atoms with E-state index in [0.29, 0.717) is 36.2 Å². The van der Waals surface area contributed by atoms with Crippen LogP contribution in [0.5, 0.6) is 0 Å². The summed E-state index contributed by atoms with van der Waals surface area (Å²) >= 11 is 0. The van der Waals surface area contributed by atoms with Crippen LogP contribution >= 0.6 is 0 Å². The quantitative estimate of drug-likeness (QED) is 0.474. The summed E-state index contributed by atoms with van der Waals surface area (Å²) in [5, 5.41) is 0. The summed E-state index contributed by atoms with van der Waals surface area (Å²) in [7, 11) is 1.90. The maximum Gasteiger partial charge on any atom is 0.310 e. The van der Waals surface area contributed by atoms with E-state index in [-0.39, 0.29) is 5.91 Å². The van der Waals surface area contributed by atoms with Gasteiger partial charge in [0.25, 0.3) is 0 Å². The van der Waals surface area contributed by atoms with Gasteiger partial charge >= 0.3 is 5.91 Å². The number of likely N-dealkylation sites (tertiary alicyclic amines) is 1. The van der Waals surface area contributed by atoms with Crippen LogP contribution in [0.1, 0.15) is 19.8 Å². The van der Waals surface area contributed by atoms with Crippen molar-refractivity contribution in [2.75, 3.05) is 20.1 Å². The normalized spacial score (nSPS) is 23.3. The molecule has 0 aromatic heterocycles. The average molecular weight is 156 g/mol. The highest BCUT2D eigenvalue weighted by Crippen LogP contribution is 2.13. The molecule has 0 aliphatic carbocycles. The molecule has 0 saturated carbocycles. The van der Waals surface area contributed by atoms with Crippen LogP contribution in [0.3, 0.4) is 0 Å². The molecule has 1 rings (SSSR count). The standard InChI is InChI=1S/C8H14NO2/c1-7(10)9(2)5-3-8(11)4-6-9/h3-6H2,1-2H3/q+1. The first-order valence-electron chi connectivity index (χ1n) is 3.92. The molecule has 1 aliphatic rings. The van der Waals surface area contributed by atoms with Crippen LogP contribution in [-0.4, -0.2) is 36.3 Å². The number of rotatable bonds is 0. The molecule has 0 bridgehead atoms. The van der Waals surface area contributed by atoms with E-state index in [1.807, 2.05) is 7.05 Å². The zero-order chi connectivity index (χ0) is 8.48. The predicted molar refractivity (Wildman–Crippen MR) is 40.8 cm³/mol. The van der Waals surface area contributed by atoms with E-state index in [1.165, 1.54) is 0 Å². The summed E-state index contributed by atoms with van der Waals surface area (Å²) in [5.41, 5.74) is 0. The first-order chi connectivity index (χ1) is 5.04. The molecule has 3 nitrogen and oxygen atoms in total. The molecular weight excluding hydrogens is 142 g/mol. The van der Waals surface area contributed by atoms with Gasteiger partial charge < -0.3 is 0 Å². The second-order valence-electron chi connectivity index (χ2n) is 3.40. The van der Waals surface area contributed by atoms with Gasteiger partial charge in [0.2, 0.25) is 0 Å². The Kier molecular flexibility index (Phi) is 2.09. The molecule has 1 amide bonds. The lowest BCUT2D eigenvalue weighted by molar-refractivity contribution is -0.835. The Hall–Kier alpha value is -0.700. The number of amides is 1. The van der Waals surface area contributed by atoms with Crippen molar-refractivity contribution >= 4 is 11.7 Å². The number of ketones is 1. The lowest BCUT2D eigenvalue weighted by atomic mass is 10.1. The third kappa shape index (κ3) is 1.66. The van der Waals surface area contributed by atoms with Crippen molar-refractivity contribution in [3.8, 4) is 0 Å². The van der Waals surface area contributed by atoms with Crippen molar-refractivity contribution in [1.82, 2.24) is 0 Å². The van der Waals surface area contributed by atoms with Crippen LogP contribution < -0.4 is 0 Å². The molecule has 1 heterocycles. The van der Waals surface area contributed by atoms with Gasteiger partial charge in [-0.05, 0) is 0 Å². The van der Waals surface area contributed by atoms with Gasteiger partial charge in [-0.25, -0.2) is 4.79 Å². The largest absolute Gasteiger partial charge is 0.310 e. The van der Waals surface area contributed by atoms with Crippen molar-refractivity contribution in [3.63, 3.8) is 0 Å². The van der Waals surface area contributed by atoms with Crippen molar-refractivity contribution in [3.05, 3.63) is 0 Å². The summed E-state index contributed by atoms with van der Waals surface area (Å²) in [6.07, 6.45) is 1.13. The van der Waals surface area contributed by atoms with Gasteiger partial charge in [-0.2, -0.15) is 0 Å². The zero-order valence-corrected chi connectivity index (χ0v) is 7.09. The van der Waals surface area contributed by atoms with Crippen LogP contribution in [-0.2, 0) is 9.59 Å². The maximum absolute atomic E-state index is 11.1. The fraction of sp³-hybridized carbons (Fsp3) is 0.750. The fourth-order valence-corrected chi connectivity index (χ4v) is 1.29. The average Bonchev–Trinajstić information content (AvgIpc) is 1.95. The number of nitrogens with zero attached hydrogens (tertiary/aromatic N) is 1. The van der Waals surface area contributed by atoms with E-state index in [4.69, 9.17) is 0 Å². The highest BCUT2D eigenvalue weighted by atomic mass is 16.2. The van der Waals surface area contributed by atoms with Crippen molar-refractivity contribution in [2.45, 2.75) is 19.8 Å². The van der Waals surface area contributed by atoms with Crippen LogP contribution in [0.2, 0.25) is 0 Å². The van der Waals surface area contributed by atoms with Gasteiger partial charge in [0.1, 0.15) is 5.78 Å². The van der Waals surface area contributed by atoms with Crippen LogP contribution in [0.25, 0.3) is 0 Å². The molecule has 0 spiro atoms. The second kappa shape index (κ2) is 2.74. The molecule has 0 aromatic rings. The minimum Gasteiger partial charge on any atom is -0.299 e. The van der Waals surface area contributed by atoms with Crippen molar-refractivity contribution in [2.24, 2.45) is 0 Å². The highest BCUT2D eigenvalue weighted by Gasteiger charge is 2.32. The fourth-order valence-electron chi connectivity index (χ4n) is 1.29. The molecule has 0 radical (unpaired) electrons. The molecule has 0 unspecified atom stereocenters. The Morgan fingerprint density at radius 2 is 1.82 bits per heavy atom. The number of hydrogen-bond acceptors (Lipinski definition) is 2. The summed E-state index contributed by atoms with van der Waals surface area (Å²) in [4.78, 5) is 21.9. The summed E-state index contributed by atoms with van der Waals surface area (Å²) in [6, 6.07) is 0. The lowest BCUT2D eigenvalue weighted by Gasteiger charge is -2.33. The van der Waals surface area contributed by atoms with Crippen LogP contribution in [0.15, 0.2) is 0 Å². The predicted octanol–water partition coefficient (Wildman–Crippen LogP) is 0.342. The van der Waals surface area contributed by atoms with Gasteiger partial charge in [0, 0.05) is 0 Å². The van der Waals surface area contributed by atoms with E-state index in [9.17, 15) is 9.59 Å². The molecular formula is C8H14NO2+. The molecule has 0 N–H and O–H groups in total. The number of carbonyl (C=O) groups is 2. The summed E-state index contributed by atoms with van der Waals surface area (Å²) < 4.78 is 0.436. The molecule has 1 aliphatic heterocycles. The van der Waals surface area contributed by atoms with Gasteiger partial charge in [-0.1, -0.05) is 0 Å². The first kappa shape index (κ1) is 8.40. The highest BCUT2D eigenvalue weighted by molar-refractivity contribution is 5.80. The monoisotopic (exact) mass is 156 g/mol. The molecule has 0 aromatic carbocycles. The SMILES string of the molecule is CC(=O)[N+]1(C)CCC(=O)CC1. The topological polar surface area (TPSA) is 34.1 Å². The molecule has 1 fully saturated rings. The van der Waals surface area contributed by atoms with Gasteiger partial charge in [0.05, 0.1) is 39.9 Å². The minimum absolute atomic E-state index is 0.164. The van der Waals surface area contributed by atoms with Crippen molar-refractivity contribution in [1.29, 1.82) is 0 Å². The van der Waals surface area contributed by atoms with Crippen molar-refractivity contribution < 1.29 is 14.1 Å². The number of quaternary nitrogens is 1. The van der Waals surface area contributed by atoms with E-state index < -0.39 is 0 Å². The molecule has 11 heavy (non-hydrogen) atoms. The lowest BCUT2D eigenvalue weighted by Crippen LogP contribution is -2.53. The number of carbonyl (C=O) groups excluding carboxylic acids is 2. The molecule has 62 valence electrons. The third-order valence-corrected chi connectivity index (χ3v) is 2.53. The number of piperidine rings is 1. The van der Waals surface area contributed by atoms with Gasteiger partial charge in [-0.3, -0.25) is 9.28 Å². The third-order valence-electron chi connectivity index (χ3n) is 2.53.